The number of fused-ring (bicyclic) bond motifs is 8. The summed E-state index contributed by atoms with van der Waals surface area (Å²) in [6.45, 7) is 7.83. The molecule has 0 N–H and O–H groups in total. The first-order valence-electron chi connectivity index (χ1n) is 17.7. The van der Waals surface area contributed by atoms with Crippen molar-refractivity contribution in [3.05, 3.63) is 155 Å². The number of hydrogen-bond acceptors (Lipinski definition) is 3. The Labute approximate surface area is 287 Å². The summed E-state index contributed by atoms with van der Waals surface area (Å²) in [7, 11) is 0. The first-order chi connectivity index (χ1) is 24.2. The molecule has 1 atom stereocenters. The Bertz CT molecular complexity index is 2340. The fourth-order valence-corrected chi connectivity index (χ4v) is 8.03. The highest BCUT2D eigenvalue weighted by atomic mass is 16.5. The lowest BCUT2D eigenvalue weighted by Gasteiger charge is -2.37. The Morgan fingerprint density at radius 1 is 0.633 bits per heavy atom. The summed E-state index contributed by atoms with van der Waals surface area (Å²) in [5, 5.41) is 4.84. The standard InChI is InChI=1S/C45H40N2O2/c1-3-31-28-32(4-2)30-36(29-31)47-41-17-11-10-16-39(41)42-37-14-8-9-15-38(37)44-40(43(42)47)22-23-45(49-44,33-12-6-5-7-13-33)34-18-20-35(21-19-34)46-24-26-48-27-25-46/h5-23,28-30H,3-4,24-27H2,1-2H3. The minimum absolute atomic E-state index is 0.763. The van der Waals surface area contributed by atoms with Crippen molar-refractivity contribution in [3.8, 4) is 11.4 Å². The molecule has 0 amide bonds. The largest absolute Gasteiger partial charge is 0.472 e. The van der Waals surface area contributed by atoms with E-state index in [4.69, 9.17) is 9.47 Å². The number of para-hydroxylation sites is 1. The van der Waals surface area contributed by atoms with Crippen LogP contribution in [0.15, 0.2) is 127 Å². The predicted octanol–water partition coefficient (Wildman–Crippen LogP) is 10.2. The number of anilines is 1. The van der Waals surface area contributed by atoms with Gasteiger partial charge in [-0.05, 0) is 71.8 Å². The zero-order valence-corrected chi connectivity index (χ0v) is 28.2. The second kappa shape index (κ2) is 12.0. The third-order valence-corrected chi connectivity index (χ3v) is 10.6. The monoisotopic (exact) mass is 640 g/mol. The van der Waals surface area contributed by atoms with E-state index in [0.29, 0.717) is 0 Å². The zero-order valence-electron chi connectivity index (χ0n) is 28.2. The zero-order chi connectivity index (χ0) is 33.0. The Morgan fingerprint density at radius 3 is 1.98 bits per heavy atom. The van der Waals surface area contributed by atoms with E-state index in [1.165, 1.54) is 49.7 Å². The summed E-state index contributed by atoms with van der Waals surface area (Å²) >= 11 is 0. The Kier molecular flexibility index (Phi) is 7.28. The summed E-state index contributed by atoms with van der Waals surface area (Å²) in [5.74, 6) is 0.915. The molecule has 0 radical (unpaired) electrons. The van der Waals surface area contributed by atoms with Crippen LogP contribution in [0.1, 0.15) is 41.7 Å². The van der Waals surface area contributed by atoms with Crippen molar-refractivity contribution in [3.63, 3.8) is 0 Å². The van der Waals surface area contributed by atoms with Gasteiger partial charge in [0.2, 0.25) is 0 Å². The van der Waals surface area contributed by atoms with Crippen LogP contribution in [0.5, 0.6) is 5.75 Å². The van der Waals surface area contributed by atoms with Crippen LogP contribution in [0.2, 0.25) is 0 Å². The van der Waals surface area contributed by atoms with Crippen LogP contribution >= 0.6 is 0 Å². The van der Waals surface area contributed by atoms with Gasteiger partial charge in [0.15, 0.2) is 5.60 Å². The van der Waals surface area contributed by atoms with E-state index in [-0.39, 0.29) is 0 Å². The normalized spacial score (nSPS) is 17.5. The maximum Gasteiger partial charge on any atom is 0.178 e. The lowest BCUT2D eigenvalue weighted by atomic mass is 9.82. The first-order valence-corrected chi connectivity index (χ1v) is 17.7. The predicted molar refractivity (Wildman–Crippen MR) is 203 cm³/mol. The van der Waals surface area contributed by atoms with Crippen LogP contribution in [-0.4, -0.2) is 30.9 Å². The van der Waals surface area contributed by atoms with Crippen molar-refractivity contribution in [2.45, 2.75) is 32.3 Å². The summed E-state index contributed by atoms with van der Waals surface area (Å²) in [6.07, 6.45) is 6.60. The van der Waals surface area contributed by atoms with Crippen LogP contribution in [0.4, 0.5) is 5.69 Å². The molecule has 0 bridgehead atoms. The van der Waals surface area contributed by atoms with Crippen LogP contribution in [0.3, 0.4) is 0 Å². The lowest BCUT2D eigenvalue weighted by molar-refractivity contribution is 0.122. The van der Waals surface area contributed by atoms with Crippen molar-refractivity contribution >= 4 is 44.3 Å². The number of hydrogen-bond donors (Lipinski definition) is 0. The Morgan fingerprint density at radius 2 is 1.27 bits per heavy atom. The number of aromatic nitrogens is 1. The van der Waals surface area contributed by atoms with E-state index in [1.807, 2.05) is 0 Å². The molecule has 9 rings (SSSR count). The molecule has 1 unspecified atom stereocenters. The quantitative estimate of drug-likeness (QED) is 0.181. The molecular formula is C45H40N2O2. The van der Waals surface area contributed by atoms with Crippen LogP contribution < -0.4 is 9.64 Å². The van der Waals surface area contributed by atoms with E-state index >= 15 is 0 Å². The summed E-state index contributed by atoms with van der Waals surface area (Å²) < 4.78 is 15.6. The Hall–Kier alpha value is -5.32. The topological polar surface area (TPSA) is 26.6 Å². The number of ether oxygens (including phenoxy) is 2. The molecule has 0 spiro atoms. The van der Waals surface area contributed by atoms with Gasteiger partial charge >= 0.3 is 0 Å². The first kappa shape index (κ1) is 29.8. The average Bonchev–Trinajstić information content (AvgIpc) is 3.54. The molecule has 1 aromatic heterocycles. The van der Waals surface area contributed by atoms with Gasteiger partial charge in [-0.25, -0.2) is 0 Å². The number of aryl methyl sites for hydroxylation is 2. The molecule has 242 valence electrons. The van der Waals surface area contributed by atoms with Crippen molar-refractivity contribution in [1.29, 1.82) is 0 Å². The molecule has 2 aliphatic heterocycles. The minimum Gasteiger partial charge on any atom is -0.472 e. The highest BCUT2D eigenvalue weighted by molar-refractivity contribution is 6.25. The maximum absolute atomic E-state index is 7.54. The van der Waals surface area contributed by atoms with Gasteiger partial charge in [-0.1, -0.05) is 105 Å². The van der Waals surface area contributed by atoms with Crippen molar-refractivity contribution in [1.82, 2.24) is 4.57 Å². The maximum atomic E-state index is 7.54. The third kappa shape index (κ3) is 4.77. The van der Waals surface area contributed by atoms with E-state index in [9.17, 15) is 0 Å². The van der Waals surface area contributed by atoms with Crippen molar-refractivity contribution < 1.29 is 9.47 Å². The second-order valence-corrected chi connectivity index (χ2v) is 13.3. The SMILES string of the molecule is CCc1cc(CC)cc(-n2c3ccccc3c3c4ccccc4c4c(c32)C=CC(c2ccccc2)(c2ccc(N3CCOCC3)cc2)O4)c1. The van der Waals surface area contributed by atoms with Gasteiger partial charge in [0.05, 0.1) is 24.2 Å². The Balaban J connectivity index is 1.32. The molecule has 2 aliphatic rings. The summed E-state index contributed by atoms with van der Waals surface area (Å²) in [4.78, 5) is 2.40. The number of benzene rings is 6. The van der Waals surface area contributed by atoms with Crippen LogP contribution in [0, 0.1) is 0 Å². The molecule has 49 heavy (non-hydrogen) atoms. The molecule has 0 saturated carbocycles. The van der Waals surface area contributed by atoms with E-state index < -0.39 is 5.60 Å². The molecule has 6 aromatic carbocycles. The second-order valence-electron chi connectivity index (χ2n) is 13.3. The molecule has 3 heterocycles. The van der Waals surface area contributed by atoms with Crippen molar-refractivity contribution in [2.24, 2.45) is 0 Å². The number of morpholine rings is 1. The minimum atomic E-state index is -0.803. The van der Waals surface area contributed by atoms with Gasteiger partial charge in [0.1, 0.15) is 5.75 Å². The van der Waals surface area contributed by atoms with Crippen LogP contribution in [0.25, 0.3) is 44.3 Å². The molecular weight excluding hydrogens is 601 g/mol. The molecule has 7 aromatic rings. The van der Waals surface area contributed by atoms with Gasteiger partial charge in [-0.3, -0.25) is 0 Å². The highest BCUT2D eigenvalue weighted by Gasteiger charge is 2.39. The summed E-state index contributed by atoms with van der Waals surface area (Å²) in [6, 6.07) is 44.3. The number of nitrogens with zero attached hydrogens (tertiary/aromatic N) is 2. The smallest absolute Gasteiger partial charge is 0.178 e. The summed E-state index contributed by atoms with van der Waals surface area (Å²) in [5.41, 5.74) is 10.0. The molecule has 0 aliphatic carbocycles. The van der Waals surface area contributed by atoms with Crippen LogP contribution in [-0.2, 0) is 23.2 Å². The molecule has 4 heteroatoms. The van der Waals surface area contributed by atoms with E-state index in [0.717, 1.165) is 67.0 Å². The van der Waals surface area contributed by atoms with E-state index in [2.05, 4.69) is 157 Å². The van der Waals surface area contributed by atoms with E-state index in [1.54, 1.807) is 0 Å². The molecule has 1 saturated heterocycles. The van der Waals surface area contributed by atoms with Crippen molar-refractivity contribution in [2.75, 3.05) is 31.2 Å². The third-order valence-electron chi connectivity index (χ3n) is 10.6. The fourth-order valence-electron chi connectivity index (χ4n) is 8.03. The highest BCUT2D eigenvalue weighted by Crippen LogP contribution is 2.50. The molecule has 1 fully saturated rings. The number of rotatable bonds is 6. The van der Waals surface area contributed by atoms with Gasteiger partial charge in [0.25, 0.3) is 0 Å². The fraction of sp³-hybridized carbons (Fsp3) is 0.200. The van der Waals surface area contributed by atoms with Gasteiger partial charge in [-0.15, -0.1) is 0 Å². The molecule has 4 nitrogen and oxygen atoms in total. The average molecular weight is 641 g/mol. The van der Waals surface area contributed by atoms with Gasteiger partial charge < -0.3 is 18.9 Å². The van der Waals surface area contributed by atoms with Gasteiger partial charge in [-0.2, -0.15) is 0 Å². The van der Waals surface area contributed by atoms with Gasteiger partial charge in [0, 0.05) is 57.3 Å². The lowest BCUT2D eigenvalue weighted by Crippen LogP contribution is -2.36.